The molecule has 6 nitrogen and oxygen atoms in total. The Morgan fingerprint density at radius 3 is 2.40 bits per heavy atom. The van der Waals surface area contributed by atoms with E-state index in [4.69, 9.17) is 4.74 Å². The van der Waals surface area contributed by atoms with E-state index in [1.807, 2.05) is 0 Å². The second kappa shape index (κ2) is 9.38. The van der Waals surface area contributed by atoms with Crippen LogP contribution < -0.4 is 10.4 Å². The lowest BCUT2D eigenvalue weighted by atomic mass is 9.78. The zero-order valence-corrected chi connectivity index (χ0v) is 17.6. The van der Waals surface area contributed by atoms with Crippen LogP contribution in [-0.2, 0) is 14.3 Å². The lowest BCUT2D eigenvalue weighted by Crippen LogP contribution is -2.42. The van der Waals surface area contributed by atoms with E-state index in [2.05, 4.69) is 5.32 Å². The van der Waals surface area contributed by atoms with Gasteiger partial charge in [0, 0.05) is 28.2 Å². The van der Waals surface area contributed by atoms with Gasteiger partial charge in [0.15, 0.2) is 0 Å². The van der Waals surface area contributed by atoms with Gasteiger partial charge in [0.2, 0.25) is 5.91 Å². The maximum atomic E-state index is 13.4. The van der Waals surface area contributed by atoms with E-state index in [1.165, 1.54) is 23.5 Å². The third kappa shape index (κ3) is 4.53. The normalized spacial score (nSPS) is 18.6. The molecule has 1 fully saturated rings. The van der Waals surface area contributed by atoms with Crippen LogP contribution in [0, 0.1) is 24.6 Å². The van der Waals surface area contributed by atoms with Gasteiger partial charge >= 0.3 is 5.97 Å². The van der Waals surface area contributed by atoms with Gasteiger partial charge in [-0.1, -0.05) is 25.0 Å². The molecule has 2 aromatic rings. The number of nitrogens with one attached hydrogen (secondary N) is 1. The van der Waals surface area contributed by atoms with E-state index in [0.717, 1.165) is 17.7 Å². The predicted molar refractivity (Wildman–Crippen MR) is 109 cm³/mol. The number of amides is 1. The molecule has 3 rings (SSSR count). The molecule has 1 aromatic heterocycles. The zero-order chi connectivity index (χ0) is 21.8. The highest BCUT2D eigenvalue weighted by molar-refractivity contribution is 7.17. The van der Waals surface area contributed by atoms with Crippen LogP contribution in [0.3, 0.4) is 0 Å². The van der Waals surface area contributed by atoms with Crippen molar-refractivity contribution in [2.45, 2.75) is 39.5 Å². The molecule has 1 N–H and O–H groups in total. The van der Waals surface area contributed by atoms with Crippen molar-refractivity contribution in [2.24, 2.45) is 11.8 Å². The molecule has 1 aliphatic carbocycles. The van der Waals surface area contributed by atoms with E-state index in [1.54, 1.807) is 26.0 Å². The van der Waals surface area contributed by atoms with Gasteiger partial charge in [0.25, 0.3) is 0 Å². The fourth-order valence-electron chi connectivity index (χ4n) is 3.93. The molecular weight excluding hydrogens is 409 g/mol. The van der Waals surface area contributed by atoms with Crippen molar-refractivity contribution in [3.05, 3.63) is 40.5 Å². The number of hydrogen-bond donors (Lipinski definition) is 1. The van der Waals surface area contributed by atoms with Crippen LogP contribution in [-0.4, -0.2) is 24.5 Å². The van der Waals surface area contributed by atoms with Crippen LogP contribution in [0.25, 0.3) is 11.1 Å². The van der Waals surface area contributed by atoms with Gasteiger partial charge in [-0.25, -0.2) is 9.18 Å². The number of rotatable bonds is 6. The highest BCUT2D eigenvalue weighted by Gasteiger charge is 2.33. The summed E-state index contributed by atoms with van der Waals surface area (Å²) in [5, 5.41) is 14.5. The number of esters is 1. The first kappa shape index (κ1) is 22.0. The average molecular weight is 432 g/mol. The van der Waals surface area contributed by atoms with Crippen molar-refractivity contribution < 1.29 is 28.6 Å². The molecule has 1 saturated carbocycles. The smallest absolute Gasteiger partial charge is 0.341 e. The number of carbonyl (C=O) groups is 3. The van der Waals surface area contributed by atoms with Crippen LogP contribution in [0.5, 0.6) is 0 Å². The number of thiophene rings is 1. The largest absolute Gasteiger partial charge is 0.550 e. The van der Waals surface area contributed by atoms with Crippen molar-refractivity contribution in [3.63, 3.8) is 0 Å². The number of anilines is 1. The molecule has 8 heteroatoms. The lowest BCUT2D eigenvalue weighted by Gasteiger charge is -2.31. The van der Waals surface area contributed by atoms with Crippen molar-refractivity contribution in [1.29, 1.82) is 0 Å². The summed E-state index contributed by atoms with van der Waals surface area (Å²) in [6, 6.07) is 5.72. The second-order valence-corrected chi connectivity index (χ2v) is 8.50. The van der Waals surface area contributed by atoms with Crippen LogP contribution >= 0.6 is 11.3 Å². The van der Waals surface area contributed by atoms with Gasteiger partial charge in [-0.15, -0.1) is 11.3 Å². The monoisotopic (exact) mass is 432 g/mol. The van der Waals surface area contributed by atoms with E-state index in [9.17, 15) is 23.9 Å². The molecule has 30 heavy (non-hydrogen) atoms. The highest BCUT2D eigenvalue weighted by Crippen LogP contribution is 2.41. The molecule has 1 aromatic carbocycles. The van der Waals surface area contributed by atoms with E-state index < -0.39 is 35.5 Å². The maximum absolute atomic E-state index is 13.4. The van der Waals surface area contributed by atoms with Crippen LogP contribution in [0.1, 0.15) is 47.8 Å². The Bertz CT molecular complexity index is 953. The molecule has 0 saturated heterocycles. The van der Waals surface area contributed by atoms with Crippen molar-refractivity contribution in [3.8, 4) is 11.1 Å². The van der Waals surface area contributed by atoms with E-state index >= 15 is 0 Å². The molecule has 1 aliphatic rings. The molecule has 2 unspecified atom stereocenters. The first-order valence-corrected chi connectivity index (χ1v) is 10.7. The number of carboxylic acid groups (broad SMARTS) is 1. The summed E-state index contributed by atoms with van der Waals surface area (Å²) in [5.41, 5.74) is 1.38. The number of aliphatic carboxylic acids is 1. The Balaban J connectivity index is 1.99. The lowest BCUT2D eigenvalue weighted by molar-refractivity contribution is -0.313. The SMILES string of the molecule is CCOC(=O)c1c(NC(=O)C2CCCCC2C(=O)[O-])sc(C)c1-c1ccc(F)cc1. The Kier molecular flexibility index (Phi) is 6.87. The summed E-state index contributed by atoms with van der Waals surface area (Å²) < 4.78 is 18.6. The Labute approximate surface area is 178 Å². The number of benzene rings is 1. The topological polar surface area (TPSA) is 95.5 Å². The van der Waals surface area contributed by atoms with Gasteiger partial charge in [-0.2, -0.15) is 0 Å². The van der Waals surface area contributed by atoms with Gasteiger partial charge in [-0.05, 0) is 44.4 Å². The highest BCUT2D eigenvalue weighted by atomic mass is 32.1. The fraction of sp³-hybridized carbons (Fsp3) is 0.409. The summed E-state index contributed by atoms with van der Waals surface area (Å²) in [6.45, 7) is 3.63. The number of ether oxygens (including phenoxy) is 1. The average Bonchev–Trinajstić information content (AvgIpc) is 3.04. The fourth-order valence-corrected chi connectivity index (χ4v) is 4.99. The van der Waals surface area contributed by atoms with Crippen molar-refractivity contribution in [2.75, 3.05) is 11.9 Å². The molecule has 2 atom stereocenters. The van der Waals surface area contributed by atoms with Gasteiger partial charge < -0.3 is 20.0 Å². The Morgan fingerprint density at radius 2 is 1.80 bits per heavy atom. The number of carboxylic acids is 1. The minimum Gasteiger partial charge on any atom is -0.550 e. The number of aryl methyl sites for hydroxylation is 1. The summed E-state index contributed by atoms with van der Waals surface area (Å²) in [5.74, 6) is -4.23. The van der Waals surface area contributed by atoms with E-state index in [-0.39, 0.29) is 12.2 Å². The number of hydrogen-bond acceptors (Lipinski definition) is 6. The van der Waals surface area contributed by atoms with Crippen molar-refractivity contribution >= 4 is 34.2 Å². The summed E-state index contributed by atoms with van der Waals surface area (Å²) >= 11 is 1.21. The van der Waals surface area contributed by atoms with Crippen LogP contribution in [0.4, 0.5) is 9.39 Å². The Hall–Kier alpha value is -2.74. The van der Waals surface area contributed by atoms with Gasteiger partial charge in [-0.3, -0.25) is 4.79 Å². The van der Waals surface area contributed by atoms with Crippen LogP contribution in [0.15, 0.2) is 24.3 Å². The Morgan fingerprint density at radius 1 is 1.17 bits per heavy atom. The predicted octanol–water partition coefficient (Wildman–Crippen LogP) is 3.53. The third-order valence-electron chi connectivity index (χ3n) is 5.34. The minimum atomic E-state index is -1.23. The van der Waals surface area contributed by atoms with Gasteiger partial charge in [0.1, 0.15) is 16.4 Å². The summed E-state index contributed by atoms with van der Waals surface area (Å²) in [4.78, 5) is 37.9. The first-order valence-electron chi connectivity index (χ1n) is 9.91. The van der Waals surface area contributed by atoms with Crippen LogP contribution in [0.2, 0.25) is 0 Å². The summed E-state index contributed by atoms with van der Waals surface area (Å²) in [6.07, 6.45) is 2.35. The van der Waals surface area contributed by atoms with Gasteiger partial charge in [0.05, 0.1) is 6.61 Å². The quantitative estimate of drug-likeness (QED) is 0.705. The van der Waals surface area contributed by atoms with Crippen molar-refractivity contribution in [1.82, 2.24) is 0 Å². The maximum Gasteiger partial charge on any atom is 0.341 e. The molecule has 0 spiro atoms. The molecular formula is C22H23FNO5S-. The molecule has 0 aliphatic heterocycles. The molecule has 0 radical (unpaired) electrons. The third-order valence-corrected chi connectivity index (χ3v) is 6.36. The first-order chi connectivity index (χ1) is 14.3. The molecule has 0 bridgehead atoms. The number of carbonyl (C=O) groups excluding carboxylic acids is 3. The second-order valence-electron chi connectivity index (χ2n) is 7.27. The minimum absolute atomic E-state index is 0.152. The molecule has 160 valence electrons. The summed E-state index contributed by atoms with van der Waals surface area (Å²) in [7, 11) is 0. The zero-order valence-electron chi connectivity index (χ0n) is 16.8. The number of halogens is 1. The molecule has 1 heterocycles. The molecule has 1 amide bonds. The van der Waals surface area contributed by atoms with E-state index in [0.29, 0.717) is 29.0 Å². The standard InChI is InChI=1S/C22H24FNO5S/c1-3-29-22(28)18-17(13-8-10-14(23)11-9-13)12(2)30-20(18)24-19(25)15-6-4-5-7-16(15)21(26)27/h8-11,15-16H,3-7H2,1-2H3,(H,24,25)(H,26,27)/p-1.